The molecule has 1 aromatic carbocycles. The lowest BCUT2D eigenvalue weighted by molar-refractivity contribution is -0.148. The van der Waals surface area contributed by atoms with Crippen molar-refractivity contribution in [2.24, 2.45) is 11.7 Å². The minimum Gasteiger partial charge on any atom is -0.462 e. The van der Waals surface area contributed by atoms with E-state index in [1.165, 1.54) is 6.33 Å². The van der Waals surface area contributed by atoms with E-state index in [4.69, 9.17) is 10.5 Å². The Morgan fingerprint density at radius 3 is 2.57 bits per heavy atom. The van der Waals surface area contributed by atoms with Gasteiger partial charge in [-0.25, -0.2) is 9.78 Å². The molecule has 0 spiro atoms. The number of H-pyrrole nitrogens is 1. The first kappa shape index (κ1) is 23.1. The van der Waals surface area contributed by atoms with Crippen molar-refractivity contribution in [3.63, 3.8) is 0 Å². The van der Waals surface area contributed by atoms with Gasteiger partial charge in [-0.05, 0) is 24.5 Å². The largest absolute Gasteiger partial charge is 0.462 e. The summed E-state index contributed by atoms with van der Waals surface area (Å²) in [5.74, 6) is -1.10. The molecule has 162 valence electrons. The summed E-state index contributed by atoms with van der Waals surface area (Å²) in [4.78, 5) is 43.7. The first-order chi connectivity index (χ1) is 14.4. The number of carbonyl (C=O) groups excluding carboxylic acids is 3. The minimum absolute atomic E-state index is 0.00119. The summed E-state index contributed by atoms with van der Waals surface area (Å²) < 4.78 is 5.25. The van der Waals surface area contributed by atoms with Crippen LogP contribution in [-0.2, 0) is 20.7 Å². The molecular formula is C21H29N5O4. The molecule has 2 rings (SSSR count). The van der Waals surface area contributed by atoms with Crippen LogP contribution in [0.1, 0.15) is 36.3 Å². The number of amides is 2. The second kappa shape index (κ2) is 11.7. The quantitative estimate of drug-likeness (QED) is 0.316. The summed E-state index contributed by atoms with van der Waals surface area (Å²) in [6, 6.07) is 7.11. The molecule has 9 nitrogen and oxygen atoms in total. The summed E-state index contributed by atoms with van der Waals surface area (Å²) >= 11 is 0. The molecule has 0 aliphatic heterocycles. The van der Waals surface area contributed by atoms with Gasteiger partial charge in [-0.15, -0.1) is 0 Å². The maximum Gasteiger partial charge on any atom is 0.328 e. The third-order valence-electron chi connectivity index (χ3n) is 4.30. The van der Waals surface area contributed by atoms with Crippen molar-refractivity contribution in [1.82, 2.24) is 20.6 Å². The van der Waals surface area contributed by atoms with E-state index < -0.39 is 24.0 Å². The summed E-state index contributed by atoms with van der Waals surface area (Å²) in [5.41, 5.74) is 7.12. The molecule has 1 heterocycles. The molecule has 1 aromatic heterocycles. The number of carbonyl (C=O) groups is 3. The van der Waals surface area contributed by atoms with Gasteiger partial charge in [0.25, 0.3) is 5.91 Å². The highest BCUT2D eigenvalue weighted by atomic mass is 16.5. The second-order valence-electron chi connectivity index (χ2n) is 7.35. The van der Waals surface area contributed by atoms with Crippen molar-refractivity contribution >= 4 is 17.8 Å². The van der Waals surface area contributed by atoms with Crippen LogP contribution in [0.15, 0.2) is 42.9 Å². The number of hydrogen-bond acceptors (Lipinski definition) is 6. The fourth-order valence-electron chi connectivity index (χ4n) is 2.79. The van der Waals surface area contributed by atoms with E-state index in [2.05, 4.69) is 20.6 Å². The van der Waals surface area contributed by atoms with Crippen LogP contribution >= 0.6 is 0 Å². The molecule has 2 aromatic rings. The van der Waals surface area contributed by atoms with E-state index in [-0.39, 0.29) is 31.4 Å². The second-order valence-corrected chi connectivity index (χ2v) is 7.35. The van der Waals surface area contributed by atoms with Gasteiger partial charge in [0.15, 0.2) is 0 Å². The van der Waals surface area contributed by atoms with Gasteiger partial charge in [-0.2, -0.15) is 0 Å². The van der Waals surface area contributed by atoms with Crippen LogP contribution in [0.2, 0.25) is 0 Å². The highest BCUT2D eigenvalue weighted by Crippen LogP contribution is 2.07. The molecule has 0 radical (unpaired) electrons. The standard InChI is InChI=1S/C21H29N5O4/c1-14(2)10-18(26-20(28)17(22)11-16-12-23-13-25-16)21(29)30-9-8-24-19(27)15-6-4-3-5-7-15/h3-7,12-14,17-18H,8-11,22H2,1-2H3,(H,23,25)(H,24,27)(H,26,28)/t17-,18-/m0/s1. The maximum absolute atomic E-state index is 12.5. The van der Waals surface area contributed by atoms with Crippen LogP contribution in [0.3, 0.4) is 0 Å². The van der Waals surface area contributed by atoms with Gasteiger partial charge in [0.05, 0.1) is 24.6 Å². The monoisotopic (exact) mass is 415 g/mol. The molecule has 2 atom stereocenters. The lowest BCUT2D eigenvalue weighted by Crippen LogP contribution is -2.50. The van der Waals surface area contributed by atoms with Crippen LogP contribution in [-0.4, -0.2) is 53.0 Å². The summed E-state index contributed by atoms with van der Waals surface area (Å²) in [5, 5.41) is 5.36. The van der Waals surface area contributed by atoms with Crippen LogP contribution in [0, 0.1) is 5.92 Å². The Morgan fingerprint density at radius 1 is 1.20 bits per heavy atom. The fourth-order valence-corrected chi connectivity index (χ4v) is 2.79. The molecule has 0 saturated carbocycles. The van der Waals surface area contributed by atoms with Crippen LogP contribution < -0.4 is 16.4 Å². The van der Waals surface area contributed by atoms with Crippen molar-refractivity contribution in [1.29, 1.82) is 0 Å². The molecule has 0 aliphatic carbocycles. The zero-order chi connectivity index (χ0) is 21.9. The molecule has 0 aliphatic rings. The average molecular weight is 415 g/mol. The highest BCUT2D eigenvalue weighted by Gasteiger charge is 2.26. The first-order valence-electron chi connectivity index (χ1n) is 9.90. The molecular weight excluding hydrogens is 386 g/mol. The van der Waals surface area contributed by atoms with Gasteiger partial charge in [-0.3, -0.25) is 9.59 Å². The number of nitrogens with one attached hydrogen (secondary N) is 3. The smallest absolute Gasteiger partial charge is 0.328 e. The SMILES string of the molecule is CC(C)C[C@H](NC(=O)[C@@H](N)Cc1c[nH]cn1)C(=O)OCCNC(=O)c1ccccc1. The highest BCUT2D eigenvalue weighted by molar-refractivity contribution is 5.94. The molecule has 30 heavy (non-hydrogen) atoms. The van der Waals surface area contributed by atoms with Crippen molar-refractivity contribution in [3.05, 3.63) is 54.1 Å². The minimum atomic E-state index is -0.832. The fraction of sp³-hybridized carbons (Fsp3) is 0.429. The van der Waals surface area contributed by atoms with Gasteiger partial charge in [0, 0.05) is 18.2 Å². The topological polar surface area (TPSA) is 139 Å². The number of rotatable bonds is 11. The van der Waals surface area contributed by atoms with Gasteiger partial charge < -0.3 is 26.1 Å². The van der Waals surface area contributed by atoms with Crippen molar-refractivity contribution in [2.45, 2.75) is 38.8 Å². The zero-order valence-corrected chi connectivity index (χ0v) is 17.3. The Hall–Kier alpha value is -3.20. The number of imidazole rings is 1. The Bertz CT molecular complexity index is 808. The molecule has 0 saturated heterocycles. The first-order valence-corrected chi connectivity index (χ1v) is 9.90. The Morgan fingerprint density at radius 2 is 1.93 bits per heavy atom. The number of aromatic nitrogens is 2. The van der Waals surface area contributed by atoms with E-state index in [9.17, 15) is 14.4 Å². The van der Waals surface area contributed by atoms with Crippen LogP contribution in [0.4, 0.5) is 0 Å². The van der Waals surface area contributed by atoms with Gasteiger partial charge in [-0.1, -0.05) is 32.0 Å². The van der Waals surface area contributed by atoms with Crippen molar-refractivity contribution < 1.29 is 19.1 Å². The molecule has 2 amide bonds. The van der Waals surface area contributed by atoms with Crippen molar-refractivity contribution in [2.75, 3.05) is 13.2 Å². The van der Waals surface area contributed by atoms with E-state index in [0.29, 0.717) is 17.7 Å². The average Bonchev–Trinajstić information content (AvgIpc) is 3.23. The van der Waals surface area contributed by atoms with Crippen molar-refractivity contribution in [3.8, 4) is 0 Å². The van der Waals surface area contributed by atoms with E-state index in [0.717, 1.165) is 0 Å². The number of benzene rings is 1. The van der Waals surface area contributed by atoms with E-state index >= 15 is 0 Å². The third kappa shape index (κ3) is 7.67. The number of hydrogen-bond donors (Lipinski definition) is 4. The molecule has 0 unspecified atom stereocenters. The predicted octanol–water partition coefficient (Wildman–Crippen LogP) is 0.784. The summed E-state index contributed by atoms with van der Waals surface area (Å²) in [7, 11) is 0. The van der Waals surface area contributed by atoms with Gasteiger partial charge in [0.2, 0.25) is 5.91 Å². The molecule has 5 N–H and O–H groups in total. The summed E-state index contributed by atoms with van der Waals surface area (Å²) in [6.07, 6.45) is 3.84. The molecule has 0 fully saturated rings. The number of ether oxygens (including phenoxy) is 1. The Balaban J connectivity index is 1.80. The number of aromatic amines is 1. The number of nitrogens with two attached hydrogens (primary N) is 1. The van der Waals surface area contributed by atoms with Gasteiger partial charge in [0.1, 0.15) is 12.6 Å². The lowest BCUT2D eigenvalue weighted by atomic mass is 10.0. The van der Waals surface area contributed by atoms with Crippen LogP contribution in [0.5, 0.6) is 0 Å². The molecule has 9 heteroatoms. The van der Waals surface area contributed by atoms with Gasteiger partial charge >= 0.3 is 5.97 Å². The summed E-state index contributed by atoms with van der Waals surface area (Å²) in [6.45, 7) is 4.05. The lowest BCUT2D eigenvalue weighted by Gasteiger charge is -2.21. The number of esters is 1. The van der Waals surface area contributed by atoms with Crippen LogP contribution in [0.25, 0.3) is 0 Å². The normalized spacial score (nSPS) is 12.8. The predicted molar refractivity (Wildman–Crippen MR) is 111 cm³/mol. The number of nitrogens with zero attached hydrogens (tertiary/aromatic N) is 1. The Kier molecular flexibility index (Phi) is 9.02. The van der Waals surface area contributed by atoms with E-state index in [1.54, 1.807) is 30.5 Å². The molecule has 0 bridgehead atoms. The van der Waals surface area contributed by atoms with E-state index in [1.807, 2.05) is 19.9 Å². The maximum atomic E-state index is 12.5. The zero-order valence-electron chi connectivity index (χ0n) is 17.3. The Labute approximate surface area is 175 Å². The third-order valence-corrected chi connectivity index (χ3v) is 4.30.